The van der Waals surface area contributed by atoms with E-state index in [-0.39, 0.29) is 0 Å². The van der Waals surface area contributed by atoms with E-state index in [2.05, 4.69) is 23.8 Å². The summed E-state index contributed by atoms with van der Waals surface area (Å²) in [4.78, 5) is 8.18. The molecule has 0 spiro atoms. The molecule has 78 valence electrons. The molecule has 0 radical (unpaired) electrons. The van der Waals surface area contributed by atoms with Crippen molar-refractivity contribution in [2.24, 2.45) is 0 Å². The fraction of sp³-hybridized carbons (Fsp3) is 0.636. The Morgan fingerprint density at radius 1 is 1.43 bits per heavy atom. The molecule has 0 saturated heterocycles. The Hall–Kier alpha value is -1.12. The molecule has 0 aliphatic heterocycles. The molecule has 1 aromatic rings. The van der Waals surface area contributed by atoms with Crippen LogP contribution in [-0.4, -0.2) is 16.6 Å². The Balaban J connectivity index is 2.82. The van der Waals surface area contributed by atoms with Crippen molar-refractivity contribution in [1.29, 1.82) is 0 Å². The molecule has 0 aliphatic carbocycles. The Kier molecular flexibility index (Phi) is 4.36. The van der Waals surface area contributed by atoms with Crippen molar-refractivity contribution in [2.75, 3.05) is 6.61 Å². The SMILES string of the molecule is CCCC(C)c1cncnc1OCC. The van der Waals surface area contributed by atoms with E-state index in [0.29, 0.717) is 12.5 Å². The molecule has 1 heterocycles. The molecule has 0 N–H and O–H groups in total. The van der Waals surface area contributed by atoms with E-state index in [4.69, 9.17) is 4.74 Å². The summed E-state index contributed by atoms with van der Waals surface area (Å²) in [6.45, 7) is 6.99. The van der Waals surface area contributed by atoms with Gasteiger partial charge in [-0.3, -0.25) is 0 Å². The van der Waals surface area contributed by atoms with Crippen molar-refractivity contribution in [3.05, 3.63) is 18.1 Å². The van der Waals surface area contributed by atoms with Crippen molar-refractivity contribution in [2.45, 2.75) is 39.5 Å². The summed E-state index contributed by atoms with van der Waals surface area (Å²) in [5.74, 6) is 1.21. The van der Waals surface area contributed by atoms with Gasteiger partial charge in [-0.25, -0.2) is 9.97 Å². The highest BCUT2D eigenvalue weighted by molar-refractivity contribution is 5.25. The topological polar surface area (TPSA) is 35.0 Å². The van der Waals surface area contributed by atoms with Gasteiger partial charge in [-0.2, -0.15) is 0 Å². The normalized spacial score (nSPS) is 12.5. The molecule has 1 rings (SSSR count). The van der Waals surface area contributed by atoms with Crippen LogP contribution < -0.4 is 4.74 Å². The first kappa shape index (κ1) is 11.0. The molecule has 1 atom stereocenters. The highest BCUT2D eigenvalue weighted by atomic mass is 16.5. The van der Waals surface area contributed by atoms with Crippen LogP contribution in [0.1, 0.15) is 45.1 Å². The first-order valence-corrected chi connectivity index (χ1v) is 5.22. The minimum absolute atomic E-state index is 0.475. The highest BCUT2D eigenvalue weighted by Gasteiger charge is 2.11. The summed E-state index contributed by atoms with van der Waals surface area (Å²) >= 11 is 0. The molecular formula is C11H18N2O. The zero-order chi connectivity index (χ0) is 10.4. The molecule has 1 unspecified atom stereocenters. The molecule has 3 heteroatoms. The van der Waals surface area contributed by atoms with E-state index in [0.717, 1.165) is 17.9 Å². The van der Waals surface area contributed by atoms with Crippen LogP contribution in [0.15, 0.2) is 12.5 Å². The monoisotopic (exact) mass is 194 g/mol. The summed E-state index contributed by atoms with van der Waals surface area (Å²) in [5.41, 5.74) is 1.12. The van der Waals surface area contributed by atoms with Crippen LogP contribution >= 0.6 is 0 Å². The maximum Gasteiger partial charge on any atom is 0.219 e. The highest BCUT2D eigenvalue weighted by Crippen LogP contribution is 2.26. The maximum atomic E-state index is 5.45. The number of hydrogen-bond acceptors (Lipinski definition) is 3. The molecule has 0 amide bonds. The van der Waals surface area contributed by atoms with Crippen molar-refractivity contribution in [3.63, 3.8) is 0 Å². The fourth-order valence-electron chi connectivity index (χ4n) is 1.51. The van der Waals surface area contributed by atoms with Gasteiger partial charge < -0.3 is 4.74 Å². The van der Waals surface area contributed by atoms with Gasteiger partial charge in [0.2, 0.25) is 5.88 Å². The molecule has 14 heavy (non-hydrogen) atoms. The third-order valence-electron chi connectivity index (χ3n) is 2.24. The van der Waals surface area contributed by atoms with Crippen LogP contribution in [0.2, 0.25) is 0 Å². The standard InChI is InChI=1S/C11H18N2O/c1-4-6-9(3)10-7-12-8-13-11(10)14-5-2/h7-9H,4-6H2,1-3H3. The molecule has 1 aromatic heterocycles. The lowest BCUT2D eigenvalue weighted by molar-refractivity contribution is 0.319. The second kappa shape index (κ2) is 5.58. The molecule has 0 fully saturated rings. The van der Waals surface area contributed by atoms with Gasteiger partial charge in [0.1, 0.15) is 6.33 Å². The molecular weight excluding hydrogens is 176 g/mol. The first-order chi connectivity index (χ1) is 6.79. The average Bonchev–Trinajstić information content (AvgIpc) is 2.19. The number of nitrogens with zero attached hydrogens (tertiary/aromatic N) is 2. The second-order valence-electron chi connectivity index (χ2n) is 3.41. The lowest BCUT2D eigenvalue weighted by Gasteiger charge is -2.13. The third kappa shape index (κ3) is 2.69. The Bertz CT molecular complexity index is 276. The Labute approximate surface area is 85.5 Å². The largest absolute Gasteiger partial charge is 0.478 e. The van der Waals surface area contributed by atoms with Crippen LogP contribution in [0.4, 0.5) is 0 Å². The van der Waals surface area contributed by atoms with Gasteiger partial charge in [0.25, 0.3) is 0 Å². The smallest absolute Gasteiger partial charge is 0.219 e. The van der Waals surface area contributed by atoms with Gasteiger partial charge in [0, 0.05) is 11.8 Å². The zero-order valence-corrected chi connectivity index (χ0v) is 9.16. The number of rotatable bonds is 5. The van der Waals surface area contributed by atoms with E-state index in [1.807, 2.05) is 13.1 Å². The lowest BCUT2D eigenvalue weighted by atomic mass is 9.99. The van der Waals surface area contributed by atoms with Crippen molar-refractivity contribution >= 4 is 0 Å². The Morgan fingerprint density at radius 2 is 2.21 bits per heavy atom. The van der Waals surface area contributed by atoms with E-state index < -0.39 is 0 Å². The van der Waals surface area contributed by atoms with E-state index >= 15 is 0 Å². The number of ether oxygens (including phenoxy) is 1. The number of aromatic nitrogens is 2. The second-order valence-corrected chi connectivity index (χ2v) is 3.41. The van der Waals surface area contributed by atoms with Gasteiger partial charge in [0.15, 0.2) is 0 Å². The molecule has 0 bridgehead atoms. The quantitative estimate of drug-likeness (QED) is 0.723. The van der Waals surface area contributed by atoms with Gasteiger partial charge >= 0.3 is 0 Å². The lowest BCUT2D eigenvalue weighted by Crippen LogP contribution is -2.03. The van der Waals surface area contributed by atoms with Gasteiger partial charge in [0.05, 0.1) is 6.61 Å². The molecule has 0 saturated carbocycles. The average molecular weight is 194 g/mol. The predicted octanol–water partition coefficient (Wildman–Crippen LogP) is 2.78. The molecule has 0 aliphatic rings. The summed E-state index contributed by atoms with van der Waals surface area (Å²) in [5, 5.41) is 0. The van der Waals surface area contributed by atoms with Crippen LogP contribution in [0.25, 0.3) is 0 Å². The van der Waals surface area contributed by atoms with E-state index in [1.165, 1.54) is 12.7 Å². The minimum Gasteiger partial charge on any atom is -0.478 e. The minimum atomic E-state index is 0.475. The third-order valence-corrected chi connectivity index (χ3v) is 2.24. The summed E-state index contributed by atoms with van der Waals surface area (Å²) in [6.07, 6.45) is 5.71. The number of hydrogen-bond donors (Lipinski definition) is 0. The first-order valence-electron chi connectivity index (χ1n) is 5.22. The fourth-order valence-corrected chi connectivity index (χ4v) is 1.51. The van der Waals surface area contributed by atoms with Gasteiger partial charge in [-0.1, -0.05) is 20.3 Å². The van der Waals surface area contributed by atoms with Crippen molar-refractivity contribution in [1.82, 2.24) is 9.97 Å². The summed E-state index contributed by atoms with van der Waals surface area (Å²) < 4.78 is 5.45. The van der Waals surface area contributed by atoms with Crippen LogP contribution in [0.3, 0.4) is 0 Å². The van der Waals surface area contributed by atoms with Gasteiger partial charge in [-0.15, -0.1) is 0 Å². The van der Waals surface area contributed by atoms with Crippen molar-refractivity contribution < 1.29 is 4.74 Å². The van der Waals surface area contributed by atoms with E-state index in [9.17, 15) is 0 Å². The Morgan fingerprint density at radius 3 is 2.86 bits per heavy atom. The predicted molar refractivity (Wildman–Crippen MR) is 56.5 cm³/mol. The molecule has 3 nitrogen and oxygen atoms in total. The maximum absolute atomic E-state index is 5.45. The van der Waals surface area contributed by atoms with Crippen LogP contribution in [0, 0.1) is 0 Å². The van der Waals surface area contributed by atoms with Crippen LogP contribution in [0.5, 0.6) is 5.88 Å². The van der Waals surface area contributed by atoms with Gasteiger partial charge in [-0.05, 0) is 19.3 Å². The van der Waals surface area contributed by atoms with Crippen molar-refractivity contribution in [3.8, 4) is 5.88 Å². The zero-order valence-electron chi connectivity index (χ0n) is 9.16. The van der Waals surface area contributed by atoms with E-state index in [1.54, 1.807) is 0 Å². The van der Waals surface area contributed by atoms with Crippen LogP contribution in [-0.2, 0) is 0 Å². The molecule has 0 aromatic carbocycles. The summed E-state index contributed by atoms with van der Waals surface area (Å²) in [7, 11) is 0. The summed E-state index contributed by atoms with van der Waals surface area (Å²) in [6, 6.07) is 0.